The predicted molar refractivity (Wildman–Crippen MR) is 47.8 cm³/mol. The Labute approximate surface area is 100 Å². The summed E-state index contributed by atoms with van der Waals surface area (Å²) in [5.74, 6) is 0. The minimum absolute atomic E-state index is 0. The molecule has 0 atom stereocenters. The van der Waals surface area contributed by atoms with Gasteiger partial charge in [0.05, 0.1) is 5.71 Å². The molecular weight excluding hydrogens is 229 g/mol. The molecule has 1 saturated heterocycles. The van der Waals surface area contributed by atoms with E-state index in [9.17, 15) is 0 Å². The molecule has 0 amide bonds. The zero-order chi connectivity index (χ0) is 7.23. The summed E-state index contributed by atoms with van der Waals surface area (Å²) in [6.45, 7) is 4.45. The van der Waals surface area contributed by atoms with E-state index in [-0.39, 0.29) is 40.1 Å². The predicted octanol–water partition coefficient (Wildman–Crippen LogP) is 1.99. The summed E-state index contributed by atoms with van der Waals surface area (Å²) in [6, 6.07) is 0. The molecular formula is C8H16N2OY-2. The molecule has 0 bridgehead atoms. The quantitative estimate of drug-likeness (QED) is 0.541. The van der Waals surface area contributed by atoms with E-state index in [0.29, 0.717) is 6.61 Å². The van der Waals surface area contributed by atoms with Crippen molar-refractivity contribution in [2.24, 2.45) is 5.16 Å². The molecule has 1 fully saturated rings. The van der Waals surface area contributed by atoms with Crippen molar-refractivity contribution in [3.8, 4) is 0 Å². The summed E-state index contributed by atoms with van der Waals surface area (Å²) >= 11 is 0. The SMILES string of the molecule is CCON=C1CC[N-]CC1.[CH3-].[Y]. The van der Waals surface area contributed by atoms with Crippen LogP contribution >= 0.6 is 0 Å². The van der Waals surface area contributed by atoms with Crippen LogP contribution < -0.4 is 0 Å². The molecule has 1 heterocycles. The maximum atomic E-state index is 4.92. The minimum atomic E-state index is 0. The number of piperidine rings is 1. The van der Waals surface area contributed by atoms with Crippen molar-refractivity contribution < 1.29 is 37.5 Å². The average Bonchev–Trinajstić information content (AvgIpc) is 2.03. The molecule has 69 valence electrons. The van der Waals surface area contributed by atoms with Crippen molar-refractivity contribution in [1.82, 2.24) is 0 Å². The molecule has 0 aromatic rings. The summed E-state index contributed by atoms with van der Waals surface area (Å²) in [6.07, 6.45) is 1.97. The van der Waals surface area contributed by atoms with Crippen molar-refractivity contribution in [1.29, 1.82) is 0 Å². The van der Waals surface area contributed by atoms with Crippen LogP contribution in [-0.4, -0.2) is 25.4 Å². The van der Waals surface area contributed by atoms with Gasteiger partial charge in [0, 0.05) is 32.7 Å². The van der Waals surface area contributed by atoms with Gasteiger partial charge in [-0.2, -0.15) is 0 Å². The van der Waals surface area contributed by atoms with Gasteiger partial charge in [-0.1, -0.05) is 5.16 Å². The van der Waals surface area contributed by atoms with Crippen molar-refractivity contribution in [2.45, 2.75) is 19.8 Å². The third-order valence-electron chi connectivity index (χ3n) is 1.44. The van der Waals surface area contributed by atoms with Crippen molar-refractivity contribution in [2.75, 3.05) is 19.7 Å². The maximum Gasteiger partial charge on any atom is 0.114 e. The average molecular weight is 245 g/mol. The fourth-order valence-corrected chi connectivity index (χ4v) is 0.900. The third kappa shape index (κ3) is 6.09. The van der Waals surface area contributed by atoms with Crippen LogP contribution in [0.1, 0.15) is 19.8 Å². The normalized spacial score (nSPS) is 15.6. The van der Waals surface area contributed by atoms with E-state index in [4.69, 9.17) is 4.84 Å². The standard InChI is InChI=1S/C7H13N2O.CH3.Y/c1-2-10-9-7-3-5-8-6-4-7;;/h2-6H2,1H3;1H3;/q2*-1;. The smallest absolute Gasteiger partial charge is 0.114 e. The van der Waals surface area contributed by atoms with E-state index in [2.05, 4.69) is 10.5 Å². The monoisotopic (exact) mass is 245 g/mol. The third-order valence-corrected chi connectivity index (χ3v) is 1.44. The van der Waals surface area contributed by atoms with Crippen LogP contribution in [0.3, 0.4) is 0 Å². The van der Waals surface area contributed by atoms with Gasteiger partial charge in [0.25, 0.3) is 0 Å². The minimum Gasteiger partial charge on any atom is -0.662 e. The van der Waals surface area contributed by atoms with E-state index in [1.807, 2.05) is 6.92 Å². The van der Waals surface area contributed by atoms with Gasteiger partial charge < -0.3 is 17.6 Å². The van der Waals surface area contributed by atoms with Crippen LogP contribution in [0.4, 0.5) is 0 Å². The molecule has 1 aliphatic heterocycles. The molecule has 1 rings (SSSR count). The van der Waals surface area contributed by atoms with Crippen LogP contribution in [0.25, 0.3) is 5.32 Å². The second kappa shape index (κ2) is 9.62. The summed E-state index contributed by atoms with van der Waals surface area (Å²) in [5, 5.41) is 8.16. The summed E-state index contributed by atoms with van der Waals surface area (Å²) in [7, 11) is 0. The van der Waals surface area contributed by atoms with Crippen molar-refractivity contribution >= 4 is 5.71 Å². The molecule has 0 N–H and O–H groups in total. The number of nitrogens with zero attached hydrogens (tertiary/aromatic N) is 2. The summed E-state index contributed by atoms with van der Waals surface area (Å²) < 4.78 is 0. The van der Waals surface area contributed by atoms with E-state index in [1.54, 1.807) is 0 Å². The topological polar surface area (TPSA) is 35.7 Å². The molecule has 0 unspecified atom stereocenters. The van der Waals surface area contributed by atoms with Crippen molar-refractivity contribution in [3.05, 3.63) is 12.7 Å². The first-order chi connectivity index (χ1) is 4.93. The molecule has 0 aromatic heterocycles. The largest absolute Gasteiger partial charge is 0.662 e. The number of hydrogen-bond donors (Lipinski definition) is 0. The molecule has 1 aliphatic rings. The Kier molecular flexibility index (Phi) is 12.0. The second-order valence-electron chi connectivity index (χ2n) is 2.25. The summed E-state index contributed by atoms with van der Waals surface area (Å²) in [4.78, 5) is 4.92. The molecule has 4 heteroatoms. The van der Waals surface area contributed by atoms with Crippen molar-refractivity contribution in [3.63, 3.8) is 0 Å². The van der Waals surface area contributed by atoms with Gasteiger partial charge in [-0.05, 0) is 19.8 Å². The van der Waals surface area contributed by atoms with E-state index >= 15 is 0 Å². The van der Waals surface area contributed by atoms with Gasteiger partial charge in [-0.15, -0.1) is 13.1 Å². The Morgan fingerprint density at radius 2 is 2.00 bits per heavy atom. The fourth-order valence-electron chi connectivity index (χ4n) is 0.900. The van der Waals surface area contributed by atoms with E-state index in [0.717, 1.165) is 31.6 Å². The van der Waals surface area contributed by atoms with Crippen LogP contribution in [-0.2, 0) is 37.5 Å². The van der Waals surface area contributed by atoms with Crippen LogP contribution in [0.2, 0.25) is 0 Å². The van der Waals surface area contributed by atoms with Gasteiger partial charge in [0.1, 0.15) is 6.61 Å². The zero-order valence-corrected chi connectivity index (χ0v) is 10.8. The van der Waals surface area contributed by atoms with E-state index in [1.165, 1.54) is 0 Å². The van der Waals surface area contributed by atoms with Crippen LogP contribution in [0.15, 0.2) is 5.16 Å². The Morgan fingerprint density at radius 1 is 1.42 bits per heavy atom. The second-order valence-corrected chi connectivity index (χ2v) is 2.25. The molecule has 1 radical (unpaired) electrons. The maximum absolute atomic E-state index is 4.92. The number of hydrogen-bond acceptors (Lipinski definition) is 2. The Morgan fingerprint density at radius 3 is 2.50 bits per heavy atom. The Hall–Kier alpha value is 0.534. The summed E-state index contributed by atoms with van der Waals surface area (Å²) in [5.41, 5.74) is 1.16. The molecule has 0 aromatic carbocycles. The Balaban J connectivity index is 0. The van der Waals surface area contributed by atoms with Gasteiger partial charge in [-0.3, -0.25) is 0 Å². The molecule has 12 heavy (non-hydrogen) atoms. The first kappa shape index (κ1) is 15.0. The first-order valence-corrected chi connectivity index (χ1v) is 3.74. The molecule has 0 saturated carbocycles. The first-order valence-electron chi connectivity index (χ1n) is 3.74. The van der Waals surface area contributed by atoms with Gasteiger partial charge in [-0.25, -0.2) is 0 Å². The number of rotatable bonds is 2. The molecule has 3 nitrogen and oxygen atoms in total. The van der Waals surface area contributed by atoms with E-state index < -0.39 is 0 Å². The van der Waals surface area contributed by atoms with Gasteiger partial charge in [0.2, 0.25) is 0 Å². The zero-order valence-electron chi connectivity index (χ0n) is 7.92. The van der Waals surface area contributed by atoms with Crippen LogP contribution in [0.5, 0.6) is 0 Å². The molecule has 0 aliphatic carbocycles. The van der Waals surface area contributed by atoms with Gasteiger partial charge >= 0.3 is 0 Å². The van der Waals surface area contributed by atoms with Crippen LogP contribution in [0, 0.1) is 7.43 Å². The fraction of sp³-hybridized carbons (Fsp3) is 0.750. The Bertz CT molecular complexity index is 120. The van der Waals surface area contributed by atoms with Gasteiger partial charge in [0.15, 0.2) is 0 Å². The number of oxime groups is 1. The molecule has 0 spiro atoms.